The molecule has 0 saturated carbocycles. The highest BCUT2D eigenvalue weighted by molar-refractivity contribution is 6.41. The third-order valence-corrected chi connectivity index (χ3v) is 5.78. The van der Waals surface area contributed by atoms with Gasteiger partial charge in [0, 0.05) is 13.1 Å². The van der Waals surface area contributed by atoms with Crippen molar-refractivity contribution < 1.29 is 14.6 Å². The van der Waals surface area contributed by atoms with E-state index in [1.54, 1.807) is 18.2 Å². The molecule has 0 aromatic heterocycles. The molecule has 2 aliphatic heterocycles. The summed E-state index contributed by atoms with van der Waals surface area (Å²) in [7, 11) is 1.60. The van der Waals surface area contributed by atoms with Crippen molar-refractivity contribution in [3.05, 3.63) is 59.1 Å². The van der Waals surface area contributed by atoms with Crippen LogP contribution in [0.1, 0.15) is 30.9 Å². The molecule has 2 atom stereocenters. The first-order valence-corrected chi connectivity index (χ1v) is 10.5. The number of anilines is 1. The van der Waals surface area contributed by atoms with Gasteiger partial charge in [0.05, 0.1) is 17.8 Å². The van der Waals surface area contributed by atoms with E-state index >= 15 is 0 Å². The van der Waals surface area contributed by atoms with Crippen LogP contribution in [0.5, 0.6) is 5.75 Å². The number of piperidine rings is 1. The lowest BCUT2D eigenvalue weighted by molar-refractivity contribution is -0.120. The number of hydrogen-bond acceptors (Lipinski definition) is 6. The van der Waals surface area contributed by atoms with Gasteiger partial charge in [0.15, 0.2) is 5.71 Å². The summed E-state index contributed by atoms with van der Waals surface area (Å²) >= 11 is 6.41. The van der Waals surface area contributed by atoms with Gasteiger partial charge in [-0.1, -0.05) is 42.3 Å². The Kier molecular flexibility index (Phi) is 6.22. The third kappa shape index (κ3) is 4.14. The number of carbonyl (C=O) groups is 1. The minimum absolute atomic E-state index is 0.0707. The van der Waals surface area contributed by atoms with E-state index < -0.39 is 18.1 Å². The van der Waals surface area contributed by atoms with Gasteiger partial charge < -0.3 is 9.84 Å². The van der Waals surface area contributed by atoms with E-state index in [1.165, 1.54) is 0 Å². The van der Waals surface area contributed by atoms with E-state index in [0.717, 1.165) is 37.9 Å². The monoisotopic (exact) mass is 428 g/mol. The molecule has 8 heteroatoms. The van der Waals surface area contributed by atoms with E-state index in [0.29, 0.717) is 16.5 Å². The average molecular weight is 429 g/mol. The van der Waals surface area contributed by atoms with Crippen LogP contribution in [-0.4, -0.2) is 48.0 Å². The van der Waals surface area contributed by atoms with Gasteiger partial charge in [-0.15, -0.1) is 0 Å². The predicted molar refractivity (Wildman–Crippen MR) is 117 cm³/mol. The molecular formula is C22H25ClN4O3. The number of aliphatic hydroxyl groups excluding tert-OH is 1. The van der Waals surface area contributed by atoms with E-state index in [1.807, 2.05) is 47.5 Å². The number of nitrogens with zero attached hydrogens (tertiary/aromatic N) is 3. The number of para-hydroxylation sites is 1. The Balaban J connectivity index is 1.66. The lowest BCUT2D eigenvalue weighted by Crippen LogP contribution is -2.49. The quantitative estimate of drug-likeness (QED) is 0.765. The fourth-order valence-corrected chi connectivity index (χ4v) is 4.10. The third-order valence-electron chi connectivity index (χ3n) is 5.46. The van der Waals surface area contributed by atoms with Crippen molar-refractivity contribution in [1.82, 2.24) is 10.4 Å². The maximum absolute atomic E-state index is 12.9. The maximum atomic E-state index is 12.9. The van der Waals surface area contributed by atoms with Gasteiger partial charge in [-0.2, -0.15) is 5.10 Å². The van der Waals surface area contributed by atoms with Crippen LogP contribution in [0.25, 0.3) is 0 Å². The molecule has 158 valence electrons. The molecule has 0 spiro atoms. The summed E-state index contributed by atoms with van der Waals surface area (Å²) in [5, 5.41) is 19.6. The predicted octanol–water partition coefficient (Wildman–Crippen LogP) is 3.14. The Bertz CT molecular complexity index is 928. The second-order valence-corrected chi connectivity index (χ2v) is 7.84. The molecule has 1 saturated heterocycles. The van der Waals surface area contributed by atoms with Crippen molar-refractivity contribution in [3.8, 4) is 5.75 Å². The van der Waals surface area contributed by atoms with E-state index in [9.17, 15) is 9.90 Å². The number of ether oxygens (including phenoxy) is 1. The number of hydrazine groups is 1. The molecule has 0 aliphatic carbocycles. The lowest BCUT2D eigenvalue weighted by atomic mass is 9.98. The number of rotatable bonds is 5. The standard InChI is InChI=1S/C22H25ClN4O3/c1-30-16-11-9-15(10-12-16)20-21(28)19(22(29)25-26-13-5-2-6-14-26)24-27(20)18-8-4-3-7-17(18)23/h3-4,7-12,20-21,28H,2,5-6,13-14H2,1H3,(H,25,29). The van der Waals surface area contributed by atoms with E-state index in [-0.39, 0.29) is 5.71 Å². The van der Waals surface area contributed by atoms with Crippen LogP contribution in [0.15, 0.2) is 53.6 Å². The van der Waals surface area contributed by atoms with Crippen LogP contribution in [0.2, 0.25) is 5.02 Å². The number of nitrogens with one attached hydrogen (secondary N) is 1. The maximum Gasteiger partial charge on any atom is 0.284 e. The summed E-state index contributed by atoms with van der Waals surface area (Å²) in [5.74, 6) is 0.317. The average Bonchev–Trinajstić information content (AvgIpc) is 3.12. The summed E-state index contributed by atoms with van der Waals surface area (Å²) in [5.41, 5.74) is 4.39. The van der Waals surface area contributed by atoms with Gasteiger partial charge in [0.25, 0.3) is 5.91 Å². The first-order chi connectivity index (χ1) is 14.6. The van der Waals surface area contributed by atoms with Gasteiger partial charge in [-0.3, -0.25) is 15.2 Å². The van der Waals surface area contributed by atoms with Gasteiger partial charge in [0.1, 0.15) is 17.9 Å². The first kappa shape index (κ1) is 20.7. The molecule has 2 aliphatic rings. The number of aliphatic hydroxyl groups is 1. The number of carbonyl (C=O) groups excluding carboxylic acids is 1. The van der Waals surface area contributed by atoms with Crippen molar-refractivity contribution in [2.24, 2.45) is 5.10 Å². The molecule has 7 nitrogen and oxygen atoms in total. The first-order valence-electron chi connectivity index (χ1n) is 10.1. The van der Waals surface area contributed by atoms with Crippen LogP contribution < -0.4 is 15.2 Å². The molecule has 4 rings (SSSR count). The second kappa shape index (κ2) is 9.04. The molecule has 30 heavy (non-hydrogen) atoms. The smallest absolute Gasteiger partial charge is 0.284 e. The molecule has 2 heterocycles. The highest BCUT2D eigenvalue weighted by Crippen LogP contribution is 2.39. The van der Waals surface area contributed by atoms with Crippen molar-refractivity contribution in [2.45, 2.75) is 31.4 Å². The summed E-state index contributed by atoms with van der Waals surface area (Å²) in [6.45, 7) is 1.59. The lowest BCUT2D eigenvalue weighted by Gasteiger charge is -2.27. The number of benzene rings is 2. The van der Waals surface area contributed by atoms with Crippen LogP contribution >= 0.6 is 11.6 Å². The number of halogens is 1. The van der Waals surface area contributed by atoms with Crippen molar-refractivity contribution in [1.29, 1.82) is 0 Å². The van der Waals surface area contributed by atoms with Crippen molar-refractivity contribution in [2.75, 3.05) is 25.2 Å². The Morgan fingerprint density at radius 1 is 1.13 bits per heavy atom. The highest BCUT2D eigenvalue weighted by atomic mass is 35.5. The minimum Gasteiger partial charge on any atom is -0.497 e. The molecule has 2 aromatic carbocycles. The number of methoxy groups -OCH3 is 1. The molecule has 0 bridgehead atoms. The normalized spacial score (nSPS) is 22.0. The minimum atomic E-state index is -1.11. The largest absolute Gasteiger partial charge is 0.497 e. The summed E-state index contributed by atoms with van der Waals surface area (Å²) in [6.07, 6.45) is 2.13. The van der Waals surface area contributed by atoms with Crippen LogP contribution in [0.3, 0.4) is 0 Å². The molecule has 1 fully saturated rings. The van der Waals surface area contributed by atoms with Crippen LogP contribution in [-0.2, 0) is 4.79 Å². The van der Waals surface area contributed by atoms with Gasteiger partial charge in [0.2, 0.25) is 0 Å². The number of hydrogen-bond donors (Lipinski definition) is 2. The number of hydrazone groups is 1. The Labute approximate surface area is 180 Å². The fraction of sp³-hybridized carbons (Fsp3) is 0.364. The fourth-order valence-electron chi connectivity index (χ4n) is 3.87. The van der Waals surface area contributed by atoms with Crippen LogP contribution in [0.4, 0.5) is 5.69 Å². The SMILES string of the molecule is COc1ccc(C2C(O)C(C(=O)NN3CCCCC3)=NN2c2ccccc2Cl)cc1. The molecular weight excluding hydrogens is 404 g/mol. The number of amides is 1. The van der Waals surface area contributed by atoms with Gasteiger partial charge >= 0.3 is 0 Å². The van der Waals surface area contributed by atoms with Crippen molar-refractivity contribution in [3.63, 3.8) is 0 Å². The molecule has 1 amide bonds. The molecule has 0 radical (unpaired) electrons. The molecule has 2 aromatic rings. The zero-order valence-corrected chi connectivity index (χ0v) is 17.5. The zero-order valence-electron chi connectivity index (χ0n) is 16.8. The summed E-state index contributed by atoms with van der Waals surface area (Å²) in [4.78, 5) is 12.9. The van der Waals surface area contributed by atoms with Gasteiger partial charge in [-0.05, 0) is 42.7 Å². The Morgan fingerprint density at radius 2 is 1.83 bits per heavy atom. The van der Waals surface area contributed by atoms with Crippen molar-refractivity contribution >= 4 is 28.9 Å². The van der Waals surface area contributed by atoms with Crippen LogP contribution in [0, 0.1) is 0 Å². The molecule has 2 N–H and O–H groups in total. The van der Waals surface area contributed by atoms with E-state index in [2.05, 4.69) is 10.5 Å². The summed E-state index contributed by atoms with van der Waals surface area (Å²) in [6, 6.07) is 14.0. The Hall–Kier alpha value is -2.61. The summed E-state index contributed by atoms with van der Waals surface area (Å²) < 4.78 is 5.24. The molecule has 2 unspecified atom stereocenters. The van der Waals surface area contributed by atoms with Gasteiger partial charge in [-0.25, -0.2) is 5.01 Å². The zero-order chi connectivity index (χ0) is 21.1. The Morgan fingerprint density at radius 3 is 2.50 bits per heavy atom. The van der Waals surface area contributed by atoms with E-state index in [4.69, 9.17) is 16.3 Å². The topological polar surface area (TPSA) is 77.4 Å². The second-order valence-electron chi connectivity index (χ2n) is 7.43. The highest BCUT2D eigenvalue weighted by Gasteiger charge is 2.42.